The molecule has 1 fully saturated rings. The van der Waals surface area contributed by atoms with Gasteiger partial charge >= 0.3 is 0 Å². The van der Waals surface area contributed by atoms with Crippen molar-refractivity contribution >= 4 is 33.0 Å². The number of hydrogen-bond acceptors (Lipinski definition) is 8. The highest BCUT2D eigenvalue weighted by Gasteiger charge is 2.29. The summed E-state index contributed by atoms with van der Waals surface area (Å²) >= 11 is 0. The van der Waals surface area contributed by atoms with Crippen LogP contribution in [-0.4, -0.2) is 53.8 Å². The molecule has 4 rings (SSSR count). The maximum absolute atomic E-state index is 12.9. The standard InChI is InChI=1S/C22H24N6O4S/c1-16-3-5-18(6-4-16)25-21-15-22(24-17(2)23-21)26-11-13-27(14-12-26)33(31,32)20-9-7-19(8-10-20)28(29)30/h3-10,15H,11-14H2,1-2H3,(H,23,24,25). The van der Waals surface area contributed by atoms with Gasteiger partial charge in [-0.15, -0.1) is 0 Å². The van der Waals surface area contributed by atoms with E-state index < -0.39 is 14.9 Å². The Bertz CT molecular complexity index is 1260. The van der Waals surface area contributed by atoms with Gasteiger partial charge in [0, 0.05) is 50.1 Å². The van der Waals surface area contributed by atoms with Gasteiger partial charge in [-0.1, -0.05) is 17.7 Å². The first-order valence-corrected chi connectivity index (χ1v) is 11.9. The lowest BCUT2D eigenvalue weighted by atomic mass is 10.2. The van der Waals surface area contributed by atoms with Gasteiger partial charge in [-0.2, -0.15) is 4.31 Å². The highest BCUT2D eigenvalue weighted by Crippen LogP contribution is 2.24. The summed E-state index contributed by atoms with van der Waals surface area (Å²) < 4.78 is 27.3. The predicted octanol–water partition coefficient (Wildman–Crippen LogP) is 3.26. The van der Waals surface area contributed by atoms with Crippen LogP contribution in [0.15, 0.2) is 59.5 Å². The summed E-state index contributed by atoms with van der Waals surface area (Å²) in [5, 5.41) is 14.1. The van der Waals surface area contributed by atoms with Crippen LogP contribution in [0.3, 0.4) is 0 Å². The van der Waals surface area contributed by atoms with E-state index in [9.17, 15) is 18.5 Å². The van der Waals surface area contributed by atoms with Crippen LogP contribution in [0.5, 0.6) is 0 Å². The lowest BCUT2D eigenvalue weighted by Crippen LogP contribution is -2.49. The number of nitro benzene ring substituents is 1. The van der Waals surface area contributed by atoms with Crippen molar-refractivity contribution in [1.82, 2.24) is 14.3 Å². The van der Waals surface area contributed by atoms with Crippen molar-refractivity contribution in [3.63, 3.8) is 0 Å². The third kappa shape index (κ3) is 5.10. The zero-order valence-electron chi connectivity index (χ0n) is 18.3. The summed E-state index contributed by atoms with van der Waals surface area (Å²) in [4.78, 5) is 21.3. The van der Waals surface area contributed by atoms with Crippen molar-refractivity contribution in [3.05, 3.63) is 76.1 Å². The van der Waals surface area contributed by atoms with Gasteiger partial charge in [0.1, 0.15) is 17.5 Å². The first kappa shape index (κ1) is 22.6. The molecule has 0 unspecified atom stereocenters. The molecule has 1 saturated heterocycles. The molecule has 0 aliphatic carbocycles. The average molecular weight is 469 g/mol. The number of piperazine rings is 1. The smallest absolute Gasteiger partial charge is 0.269 e. The van der Waals surface area contributed by atoms with Gasteiger partial charge in [0.25, 0.3) is 5.69 Å². The molecular weight excluding hydrogens is 444 g/mol. The van der Waals surface area contributed by atoms with E-state index in [1.165, 1.54) is 34.1 Å². The summed E-state index contributed by atoms with van der Waals surface area (Å²) in [7, 11) is -3.73. The zero-order valence-corrected chi connectivity index (χ0v) is 19.1. The largest absolute Gasteiger partial charge is 0.354 e. The summed E-state index contributed by atoms with van der Waals surface area (Å²) in [6.07, 6.45) is 0. The molecule has 1 aromatic heterocycles. The minimum absolute atomic E-state index is 0.0454. The van der Waals surface area contributed by atoms with E-state index in [0.717, 1.165) is 11.5 Å². The molecule has 0 radical (unpaired) electrons. The SMILES string of the molecule is Cc1ccc(Nc2cc(N3CCN(S(=O)(=O)c4ccc([N+](=O)[O-])cc4)CC3)nc(C)n2)cc1. The summed E-state index contributed by atoms with van der Waals surface area (Å²) in [5.74, 6) is 2.01. The van der Waals surface area contributed by atoms with Gasteiger partial charge in [-0.25, -0.2) is 18.4 Å². The van der Waals surface area contributed by atoms with Gasteiger partial charge < -0.3 is 10.2 Å². The van der Waals surface area contributed by atoms with E-state index >= 15 is 0 Å². The Labute approximate surface area is 192 Å². The maximum Gasteiger partial charge on any atom is 0.269 e. The van der Waals surface area contributed by atoms with Crippen LogP contribution < -0.4 is 10.2 Å². The fourth-order valence-corrected chi connectivity index (χ4v) is 5.03. The lowest BCUT2D eigenvalue weighted by Gasteiger charge is -2.34. The minimum atomic E-state index is -3.73. The summed E-state index contributed by atoms with van der Waals surface area (Å²) in [6, 6.07) is 14.8. The second kappa shape index (κ2) is 9.12. The molecule has 0 bridgehead atoms. The Morgan fingerprint density at radius 2 is 1.58 bits per heavy atom. The van der Waals surface area contributed by atoms with E-state index in [4.69, 9.17) is 0 Å². The van der Waals surface area contributed by atoms with E-state index in [1.807, 2.05) is 49.1 Å². The van der Waals surface area contributed by atoms with Crippen molar-refractivity contribution in [2.75, 3.05) is 36.4 Å². The van der Waals surface area contributed by atoms with E-state index in [1.54, 1.807) is 0 Å². The van der Waals surface area contributed by atoms with Gasteiger partial charge in [-0.3, -0.25) is 10.1 Å². The van der Waals surface area contributed by atoms with Crippen molar-refractivity contribution in [1.29, 1.82) is 0 Å². The van der Waals surface area contributed by atoms with Crippen LogP contribution >= 0.6 is 0 Å². The van der Waals surface area contributed by atoms with Gasteiger partial charge in [-0.05, 0) is 38.1 Å². The number of aromatic nitrogens is 2. The molecule has 0 atom stereocenters. The van der Waals surface area contributed by atoms with Crippen LogP contribution in [0, 0.1) is 24.0 Å². The molecule has 0 saturated carbocycles. The topological polar surface area (TPSA) is 122 Å². The van der Waals surface area contributed by atoms with Crippen molar-refractivity contribution < 1.29 is 13.3 Å². The van der Waals surface area contributed by atoms with Crippen molar-refractivity contribution in [2.45, 2.75) is 18.7 Å². The second-order valence-corrected chi connectivity index (χ2v) is 9.73. The van der Waals surface area contributed by atoms with Gasteiger partial charge in [0.15, 0.2) is 0 Å². The molecule has 1 aliphatic heterocycles. The number of anilines is 3. The molecule has 0 spiro atoms. The fraction of sp³-hybridized carbons (Fsp3) is 0.273. The van der Waals surface area contributed by atoms with E-state index in [-0.39, 0.29) is 23.7 Å². The Morgan fingerprint density at radius 1 is 0.939 bits per heavy atom. The third-order valence-corrected chi connectivity index (χ3v) is 7.31. The molecular formula is C22H24N6O4S. The predicted molar refractivity (Wildman–Crippen MR) is 125 cm³/mol. The number of aryl methyl sites for hydroxylation is 2. The summed E-state index contributed by atoms with van der Waals surface area (Å²) in [5.41, 5.74) is 1.94. The number of sulfonamides is 1. The molecule has 3 aromatic rings. The molecule has 10 nitrogen and oxygen atoms in total. The average Bonchev–Trinajstić information content (AvgIpc) is 2.80. The van der Waals surface area contributed by atoms with E-state index in [2.05, 4.69) is 15.3 Å². The number of nitrogens with zero attached hydrogens (tertiary/aromatic N) is 5. The van der Waals surface area contributed by atoms with Crippen LogP contribution in [0.4, 0.5) is 23.0 Å². The zero-order chi connectivity index (χ0) is 23.6. The Morgan fingerprint density at radius 3 is 2.18 bits per heavy atom. The number of non-ortho nitro benzene ring substituents is 1. The van der Waals surface area contributed by atoms with Crippen LogP contribution in [0.2, 0.25) is 0 Å². The molecule has 2 aromatic carbocycles. The number of nitrogens with one attached hydrogen (secondary N) is 1. The molecule has 2 heterocycles. The minimum Gasteiger partial charge on any atom is -0.354 e. The molecule has 33 heavy (non-hydrogen) atoms. The fourth-order valence-electron chi connectivity index (χ4n) is 3.61. The number of hydrogen-bond donors (Lipinski definition) is 1. The molecule has 0 amide bonds. The maximum atomic E-state index is 12.9. The molecule has 1 N–H and O–H groups in total. The number of rotatable bonds is 6. The van der Waals surface area contributed by atoms with Crippen molar-refractivity contribution in [3.8, 4) is 0 Å². The van der Waals surface area contributed by atoms with Gasteiger partial charge in [0.2, 0.25) is 10.0 Å². The van der Waals surface area contributed by atoms with E-state index in [0.29, 0.717) is 24.7 Å². The number of nitro groups is 1. The first-order valence-electron chi connectivity index (χ1n) is 10.4. The molecule has 1 aliphatic rings. The molecule has 11 heteroatoms. The Balaban J connectivity index is 1.45. The van der Waals surface area contributed by atoms with Crippen LogP contribution in [0.25, 0.3) is 0 Å². The number of benzene rings is 2. The lowest BCUT2D eigenvalue weighted by molar-refractivity contribution is -0.384. The normalized spacial score (nSPS) is 14.8. The molecule has 172 valence electrons. The van der Waals surface area contributed by atoms with Gasteiger partial charge in [0.05, 0.1) is 9.82 Å². The highest BCUT2D eigenvalue weighted by atomic mass is 32.2. The second-order valence-electron chi connectivity index (χ2n) is 7.79. The Kier molecular flexibility index (Phi) is 6.25. The monoisotopic (exact) mass is 468 g/mol. The highest BCUT2D eigenvalue weighted by molar-refractivity contribution is 7.89. The van der Waals surface area contributed by atoms with Crippen LogP contribution in [0.1, 0.15) is 11.4 Å². The summed E-state index contributed by atoms with van der Waals surface area (Å²) in [6.45, 7) is 5.34. The van der Waals surface area contributed by atoms with Crippen LogP contribution in [-0.2, 0) is 10.0 Å². The Hall–Kier alpha value is -3.57. The van der Waals surface area contributed by atoms with Crippen molar-refractivity contribution in [2.24, 2.45) is 0 Å². The first-order chi connectivity index (χ1) is 15.7. The third-order valence-electron chi connectivity index (χ3n) is 5.40. The quantitative estimate of drug-likeness (QED) is 0.432.